The summed E-state index contributed by atoms with van der Waals surface area (Å²) in [5, 5.41) is 30.4. The Balaban J connectivity index is 3.28. The van der Waals surface area contributed by atoms with Gasteiger partial charge in [-0.25, -0.2) is 0 Å². The van der Waals surface area contributed by atoms with Crippen molar-refractivity contribution in [1.82, 2.24) is 0 Å². The Bertz CT molecular complexity index is 638. The van der Waals surface area contributed by atoms with Crippen molar-refractivity contribution in [2.45, 2.75) is 6.18 Å². The van der Waals surface area contributed by atoms with Crippen molar-refractivity contribution >= 4 is 17.1 Å². The molecule has 0 saturated carbocycles. The highest BCUT2D eigenvalue weighted by molar-refractivity contribution is 6.10. The lowest BCUT2D eigenvalue weighted by Gasteiger charge is -2.11. The lowest BCUT2D eigenvalue weighted by Crippen LogP contribution is -2.10. The third kappa shape index (κ3) is 3.43. The number of nitrogens with zero attached hydrogens (tertiary/aromatic N) is 4. The van der Waals surface area contributed by atoms with E-state index in [1.165, 1.54) is 12.1 Å². The molecule has 0 aliphatic heterocycles. The zero-order valence-corrected chi connectivity index (χ0v) is 9.47. The van der Waals surface area contributed by atoms with Crippen LogP contribution in [-0.2, 0) is 6.18 Å². The van der Waals surface area contributed by atoms with E-state index in [0.29, 0.717) is 6.07 Å². The van der Waals surface area contributed by atoms with E-state index in [1.54, 1.807) is 0 Å². The normalized spacial score (nSPS) is 10.1. The van der Waals surface area contributed by atoms with Crippen LogP contribution in [-0.4, -0.2) is 10.6 Å². The predicted molar refractivity (Wildman–Crippen MR) is 60.4 cm³/mol. The van der Waals surface area contributed by atoms with Crippen LogP contribution in [0.5, 0.6) is 0 Å². The molecule has 1 rings (SSSR count). The smallest absolute Gasteiger partial charge is 0.276 e. The molecule has 1 aromatic carbocycles. The fourth-order valence-corrected chi connectivity index (χ4v) is 1.17. The summed E-state index contributed by atoms with van der Waals surface area (Å²) >= 11 is 0. The SMILES string of the molecule is N#CC(C#N)=NNc1ccc([N+](=O)[O-])cc1C(F)(F)F. The summed E-state index contributed by atoms with van der Waals surface area (Å²) in [5.41, 5.74) is -1.47. The van der Waals surface area contributed by atoms with Crippen LogP contribution >= 0.6 is 0 Å². The van der Waals surface area contributed by atoms with Gasteiger partial charge >= 0.3 is 6.18 Å². The summed E-state index contributed by atoms with van der Waals surface area (Å²) in [6, 6.07) is 4.65. The van der Waals surface area contributed by atoms with Crippen molar-refractivity contribution in [2.24, 2.45) is 5.10 Å². The number of rotatable bonds is 3. The van der Waals surface area contributed by atoms with E-state index in [4.69, 9.17) is 10.5 Å². The van der Waals surface area contributed by atoms with Gasteiger partial charge in [0.2, 0.25) is 5.71 Å². The van der Waals surface area contributed by atoms with Gasteiger partial charge in [-0.1, -0.05) is 0 Å². The molecule has 0 aliphatic rings. The highest BCUT2D eigenvalue weighted by Gasteiger charge is 2.35. The number of nitrogens with one attached hydrogen (secondary N) is 1. The second-order valence-corrected chi connectivity index (χ2v) is 3.28. The Kier molecular flexibility index (Phi) is 4.23. The predicted octanol–water partition coefficient (Wildman–Crippen LogP) is 2.43. The molecule has 102 valence electrons. The number of hydrogen-bond acceptors (Lipinski definition) is 6. The van der Waals surface area contributed by atoms with Gasteiger partial charge in [-0.3, -0.25) is 15.5 Å². The maximum absolute atomic E-state index is 12.7. The van der Waals surface area contributed by atoms with Gasteiger partial charge in [-0.15, -0.1) is 0 Å². The monoisotopic (exact) mass is 283 g/mol. The standard InChI is InChI=1S/C10H4F3N5O2/c11-10(12,13)8-3-7(18(19)20)1-2-9(8)17-16-6(4-14)5-15/h1-3,17H. The van der Waals surface area contributed by atoms with Gasteiger partial charge in [-0.05, 0) is 6.07 Å². The third-order valence-corrected chi connectivity index (χ3v) is 2.02. The lowest BCUT2D eigenvalue weighted by molar-refractivity contribution is -0.385. The first-order chi connectivity index (χ1) is 9.29. The van der Waals surface area contributed by atoms with E-state index in [-0.39, 0.29) is 0 Å². The zero-order valence-electron chi connectivity index (χ0n) is 9.47. The molecule has 0 bridgehead atoms. The van der Waals surface area contributed by atoms with Gasteiger partial charge < -0.3 is 0 Å². The number of hydrogen-bond donors (Lipinski definition) is 1. The van der Waals surface area contributed by atoms with Gasteiger partial charge in [0.05, 0.1) is 16.2 Å². The first-order valence-electron chi connectivity index (χ1n) is 4.79. The molecule has 0 unspecified atom stereocenters. The molecular weight excluding hydrogens is 279 g/mol. The first kappa shape index (κ1) is 14.9. The van der Waals surface area contributed by atoms with Crippen LogP contribution in [0.3, 0.4) is 0 Å². The fourth-order valence-electron chi connectivity index (χ4n) is 1.17. The summed E-state index contributed by atoms with van der Waals surface area (Å²) in [6.07, 6.45) is -4.86. The quantitative estimate of drug-likeness (QED) is 0.519. The minimum absolute atomic E-state index is 0.330. The molecule has 20 heavy (non-hydrogen) atoms. The average molecular weight is 283 g/mol. The number of halogens is 3. The molecule has 0 radical (unpaired) electrons. The van der Waals surface area contributed by atoms with Crippen LogP contribution < -0.4 is 5.43 Å². The topological polar surface area (TPSA) is 115 Å². The molecule has 0 aliphatic carbocycles. The largest absolute Gasteiger partial charge is 0.418 e. The molecule has 0 saturated heterocycles. The van der Waals surface area contributed by atoms with E-state index in [2.05, 4.69) is 5.10 Å². The third-order valence-electron chi connectivity index (χ3n) is 2.02. The van der Waals surface area contributed by atoms with Crippen molar-refractivity contribution in [2.75, 3.05) is 5.43 Å². The van der Waals surface area contributed by atoms with Crippen LogP contribution in [0, 0.1) is 32.8 Å². The number of hydrazone groups is 1. The summed E-state index contributed by atoms with van der Waals surface area (Å²) in [4.78, 5) is 9.48. The molecular formula is C10H4F3N5O2. The summed E-state index contributed by atoms with van der Waals surface area (Å²) < 4.78 is 38.2. The lowest BCUT2D eigenvalue weighted by atomic mass is 10.1. The van der Waals surface area contributed by atoms with E-state index in [0.717, 1.165) is 12.1 Å². The van der Waals surface area contributed by atoms with E-state index < -0.39 is 33.7 Å². The van der Waals surface area contributed by atoms with E-state index in [1.807, 2.05) is 5.43 Å². The average Bonchev–Trinajstić information content (AvgIpc) is 2.38. The Morgan fingerprint density at radius 1 is 1.35 bits per heavy atom. The first-order valence-corrected chi connectivity index (χ1v) is 4.79. The van der Waals surface area contributed by atoms with Gasteiger partial charge in [0.25, 0.3) is 5.69 Å². The molecule has 1 aromatic rings. The second-order valence-electron chi connectivity index (χ2n) is 3.28. The van der Waals surface area contributed by atoms with Gasteiger partial charge in [0, 0.05) is 12.1 Å². The minimum atomic E-state index is -4.86. The number of nitro benzene ring substituents is 1. The number of anilines is 1. The molecule has 0 heterocycles. The highest BCUT2D eigenvalue weighted by Crippen LogP contribution is 2.37. The van der Waals surface area contributed by atoms with Crippen molar-refractivity contribution in [3.05, 3.63) is 33.9 Å². The van der Waals surface area contributed by atoms with Crippen LogP contribution in [0.15, 0.2) is 23.3 Å². The Morgan fingerprint density at radius 2 is 1.95 bits per heavy atom. The van der Waals surface area contributed by atoms with Crippen molar-refractivity contribution < 1.29 is 18.1 Å². The van der Waals surface area contributed by atoms with Crippen molar-refractivity contribution in [3.63, 3.8) is 0 Å². The van der Waals surface area contributed by atoms with Crippen LogP contribution in [0.4, 0.5) is 24.5 Å². The molecule has 0 amide bonds. The van der Waals surface area contributed by atoms with Crippen molar-refractivity contribution in [3.8, 4) is 12.1 Å². The number of nitriles is 2. The van der Waals surface area contributed by atoms with Crippen LogP contribution in [0.2, 0.25) is 0 Å². The molecule has 0 atom stereocenters. The Morgan fingerprint density at radius 3 is 2.40 bits per heavy atom. The van der Waals surface area contributed by atoms with Crippen molar-refractivity contribution in [1.29, 1.82) is 10.5 Å². The maximum atomic E-state index is 12.7. The molecule has 7 nitrogen and oxygen atoms in total. The number of non-ortho nitro benzene ring substituents is 1. The summed E-state index contributed by atoms with van der Waals surface area (Å²) in [5.74, 6) is 0. The van der Waals surface area contributed by atoms with Crippen LogP contribution in [0.25, 0.3) is 0 Å². The molecule has 0 fully saturated rings. The number of benzene rings is 1. The number of nitro groups is 1. The molecule has 0 aromatic heterocycles. The van der Waals surface area contributed by atoms with Gasteiger partial charge in [0.1, 0.15) is 12.1 Å². The van der Waals surface area contributed by atoms with Gasteiger partial charge in [-0.2, -0.15) is 28.8 Å². The molecule has 0 spiro atoms. The van der Waals surface area contributed by atoms with E-state index in [9.17, 15) is 23.3 Å². The zero-order chi connectivity index (χ0) is 15.3. The fraction of sp³-hybridized carbons (Fsp3) is 0.100. The van der Waals surface area contributed by atoms with Crippen LogP contribution in [0.1, 0.15) is 5.56 Å². The van der Waals surface area contributed by atoms with E-state index >= 15 is 0 Å². The number of alkyl halides is 3. The molecule has 10 heteroatoms. The molecule has 1 N–H and O–H groups in total. The Labute approximate surface area is 109 Å². The van der Waals surface area contributed by atoms with Gasteiger partial charge in [0.15, 0.2) is 0 Å². The highest BCUT2D eigenvalue weighted by atomic mass is 19.4. The Hall–Kier alpha value is -3.14. The maximum Gasteiger partial charge on any atom is 0.418 e. The second kappa shape index (κ2) is 5.67. The summed E-state index contributed by atoms with van der Waals surface area (Å²) in [7, 11) is 0. The summed E-state index contributed by atoms with van der Waals surface area (Å²) in [6.45, 7) is 0. The minimum Gasteiger partial charge on any atom is -0.276 e.